The van der Waals surface area contributed by atoms with E-state index in [-0.39, 0.29) is 29.9 Å². The minimum absolute atomic E-state index is 0.112. The van der Waals surface area contributed by atoms with E-state index >= 15 is 0 Å². The molecule has 0 radical (unpaired) electrons. The quantitative estimate of drug-likeness (QED) is 0.542. The molecule has 0 saturated carbocycles. The molecule has 0 aliphatic rings. The Kier molecular flexibility index (Phi) is 7.31. The summed E-state index contributed by atoms with van der Waals surface area (Å²) in [5, 5.41) is 0. The number of aromatic nitrogens is 2. The smallest absolute Gasteiger partial charge is 0.355 e. The van der Waals surface area contributed by atoms with Crippen molar-refractivity contribution in [3.63, 3.8) is 0 Å². The number of hydrogen-bond acceptors (Lipinski definition) is 5. The Bertz CT molecular complexity index is 887. The van der Waals surface area contributed by atoms with Crippen molar-refractivity contribution in [2.24, 2.45) is 5.92 Å². The molecule has 1 unspecified atom stereocenters. The van der Waals surface area contributed by atoms with Gasteiger partial charge in [-0.1, -0.05) is 13.8 Å². The lowest BCUT2D eigenvalue weighted by Gasteiger charge is -2.30. The van der Waals surface area contributed by atoms with Crippen molar-refractivity contribution in [1.82, 2.24) is 14.9 Å². The van der Waals surface area contributed by atoms with Gasteiger partial charge < -0.3 is 14.6 Å². The largest absolute Gasteiger partial charge is 0.461 e. The van der Waals surface area contributed by atoms with Gasteiger partial charge in [-0.3, -0.25) is 14.6 Å². The third-order valence-electron chi connectivity index (χ3n) is 4.89. The van der Waals surface area contributed by atoms with E-state index in [0.29, 0.717) is 23.4 Å². The van der Waals surface area contributed by atoms with Crippen molar-refractivity contribution >= 4 is 17.7 Å². The Morgan fingerprint density at radius 3 is 2.31 bits per heavy atom. The molecule has 1 atom stereocenters. The van der Waals surface area contributed by atoms with E-state index < -0.39 is 12.0 Å². The number of ether oxygens (including phenoxy) is 1. The van der Waals surface area contributed by atoms with E-state index in [2.05, 4.69) is 9.97 Å². The monoisotopic (exact) mass is 399 g/mol. The number of carbonyl (C=O) groups excluding carboxylic acids is 3. The van der Waals surface area contributed by atoms with Gasteiger partial charge in [0.1, 0.15) is 5.69 Å². The lowest BCUT2D eigenvalue weighted by Crippen LogP contribution is -2.44. The number of esters is 1. The second kappa shape index (κ2) is 9.49. The molecular weight excluding hydrogens is 370 g/mol. The predicted molar refractivity (Wildman–Crippen MR) is 110 cm³/mol. The number of nitrogens with one attached hydrogen (secondary N) is 1. The number of aromatic amines is 1. The highest BCUT2D eigenvalue weighted by Crippen LogP contribution is 2.23. The standard InChI is InChI=1S/C22H29N3O4/c1-7-29-22(28)19-14(4)18(15(5)24-19)20(26)16(6)25(21(27)13(2)3)12-17-8-10-23-11-9-17/h8-11,13,16,24H,7,12H2,1-6H3. The summed E-state index contributed by atoms with van der Waals surface area (Å²) in [7, 11) is 0. The fourth-order valence-corrected chi connectivity index (χ4v) is 3.30. The first-order chi connectivity index (χ1) is 13.7. The van der Waals surface area contributed by atoms with Crippen LogP contribution < -0.4 is 0 Å². The molecule has 0 aliphatic carbocycles. The van der Waals surface area contributed by atoms with E-state index in [1.165, 1.54) is 0 Å². The number of Topliss-reactive ketones (excluding diaryl/α,β-unsaturated/α-hetero) is 1. The molecule has 156 valence electrons. The normalized spacial score (nSPS) is 12.0. The van der Waals surface area contributed by atoms with Gasteiger partial charge in [0.05, 0.1) is 12.6 Å². The highest BCUT2D eigenvalue weighted by molar-refractivity contribution is 6.06. The van der Waals surface area contributed by atoms with Gasteiger partial charge in [0.15, 0.2) is 5.78 Å². The van der Waals surface area contributed by atoms with E-state index in [1.807, 2.05) is 26.0 Å². The number of aryl methyl sites for hydroxylation is 1. The fourth-order valence-electron chi connectivity index (χ4n) is 3.30. The minimum atomic E-state index is -0.693. The minimum Gasteiger partial charge on any atom is -0.461 e. The molecule has 0 spiro atoms. The number of pyridine rings is 1. The van der Waals surface area contributed by atoms with Gasteiger partial charge in [-0.05, 0) is 51.0 Å². The molecule has 0 aliphatic heterocycles. The summed E-state index contributed by atoms with van der Waals surface area (Å²) < 4.78 is 5.06. The van der Waals surface area contributed by atoms with Crippen LogP contribution in [-0.2, 0) is 16.1 Å². The fraction of sp³-hybridized carbons (Fsp3) is 0.455. The Morgan fingerprint density at radius 2 is 1.76 bits per heavy atom. The Morgan fingerprint density at radius 1 is 1.14 bits per heavy atom. The number of ketones is 1. The molecule has 7 nitrogen and oxygen atoms in total. The zero-order valence-corrected chi connectivity index (χ0v) is 17.9. The molecule has 2 aromatic rings. The third kappa shape index (κ3) is 4.91. The molecule has 0 aromatic carbocycles. The van der Waals surface area contributed by atoms with E-state index in [4.69, 9.17) is 4.74 Å². The lowest BCUT2D eigenvalue weighted by atomic mass is 9.98. The van der Waals surface area contributed by atoms with Crippen LogP contribution in [0.2, 0.25) is 0 Å². The van der Waals surface area contributed by atoms with Gasteiger partial charge in [-0.25, -0.2) is 4.79 Å². The number of carbonyl (C=O) groups is 3. The van der Waals surface area contributed by atoms with Gasteiger partial charge in [0, 0.05) is 36.1 Å². The van der Waals surface area contributed by atoms with Gasteiger partial charge in [0.25, 0.3) is 0 Å². The van der Waals surface area contributed by atoms with Gasteiger partial charge >= 0.3 is 5.97 Å². The van der Waals surface area contributed by atoms with E-state index in [1.54, 1.807) is 45.0 Å². The zero-order valence-electron chi connectivity index (χ0n) is 17.9. The maximum Gasteiger partial charge on any atom is 0.355 e. The number of H-pyrrole nitrogens is 1. The molecule has 0 fully saturated rings. The molecule has 0 bridgehead atoms. The van der Waals surface area contributed by atoms with Crippen molar-refractivity contribution in [3.05, 3.63) is 52.6 Å². The Hall–Kier alpha value is -2.96. The highest BCUT2D eigenvalue weighted by Gasteiger charge is 2.32. The lowest BCUT2D eigenvalue weighted by molar-refractivity contribution is -0.136. The second-order valence-corrected chi connectivity index (χ2v) is 7.36. The topological polar surface area (TPSA) is 92.4 Å². The van der Waals surface area contributed by atoms with Crippen LogP contribution in [-0.4, -0.2) is 45.2 Å². The average molecular weight is 399 g/mol. The Balaban J connectivity index is 2.38. The molecule has 29 heavy (non-hydrogen) atoms. The maximum absolute atomic E-state index is 13.4. The second-order valence-electron chi connectivity index (χ2n) is 7.36. The molecule has 1 amide bonds. The summed E-state index contributed by atoms with van der Waals surface area (Å²) in [6.45, 7) is 11.1. The van der Waals surface area contributed by atoms with Crippen LogP contribution in [0.25, 0.3) is 0 Å². The summed E-state index contributed by atoms with van der Waals surface area (Å²) >= 11 is 0. The zero-order chi connectivity index (χ0) is 21.7. The Labute approximate surface area is 171 Å². The van der Waals surface area contributed by atoms with Crippen LogP contribution in [0, 0.1) is 19.8 Å². The SMILES string of the molecule is CCOC(=O)c1[nH]c(C)c(C(=O)C(C)N(Cc2ccncc2)C(=O)C(C)C)c1C. The summed E-state index contributed by atoms with van der Waals surface area (Å²) in [6.07, 6.45) is 3.32. The van der Waals surface area contributed by atoms with Crippen LogP contribution in [0.3, 0.4) is 0 Å². The first kappa shape index (κ1) is 22.3. The molecule has 2 heterocycles. The molecule has 1 N–H and O–H groups in total. The first-order valence-corrected chi connectivity index (χ1v) is 9.78. The van der Waals surface area contributed by atoms with Crippen molar-refractivity contribution in [1.29, 1.82) is 0 Å². The van der Waals surface area contributed by atoms with Crippen LogP contribution >= 0.6 is 0 Å². The first-order valence-electron chi connectivity index (χ1n) is 9.78. The summed E-state index contributed by atoms with van der Waals surface area (Å²) in [5.41, 5.74) is 2.72. The molecule has 2 rings (SSSR count). The average Bonchev–Trinajstić information content (AvgIpc) is 2.99. The molecular formula is C22H29N3O4. The predicted octanol–water partition coefficient (Wildman–Crippen LogP) is 3.46. The van der Waals surface area contributed by atoms with Crippen LogP contribution in [0.5, 0.6) is 0 Å². The van der Waals surface area contributed by atoms with E-state index in [9.17, 15) is 14.4 Å². The van der Waals surface area contributed by atoms with Crippen molar-refractivity contribution in [2.75, 3.05) is 6.61 Å². The summed E-state index contributed by atoms with van der Waals surface area (Å²) in [4.78, 5) is 46.9. The van der Waals surface area contributed by atoms with Crippen molar-refractivity contribution in [3.8, 4) is 0 Å². The van der Waals surface area contributed by atoms with Crippen LogP contribution in [0.1, 0.15) is 65.4 Å². The highest BCUT2D eigenvalue weighted by atomic mass is 16.5. The van der Waals surface area contributed by atoms with Crippen LogP contribution in [0.15, 0.2) is 24.5 Å². The van der Waals surface area contributed by atoms with Crippen molar-refractivity contribution < 1.29 is 19.1 Å². The molecule has 2 aromatic heterocycles. The van der Waals surface area contributed by atoms with Gasteiger partial charge in [-0.2, -0.15) is 0 Å². The number of rotatable bonds is 8. The summed E-state index contributed by atoms with van der Waals surface area (Å²) in [5.74, 6) is -1.07. The van der Waals surface area contributed by atoms with Gasteiger partial charge in [-0.15, -0.1) is 0 Å². The van der Waals surface area contributed by atoms with E-state index in [0.717, 1.165) is 5.56 Å². The van der Waals surface area contributed by atoms with Crippen LogP contribution in [0.4, 0.5) is 0 Å². The third-order valence-corrected chi connectivity index (χ3v) is 4.89. The number of hydrogen-bond donors (Lipinski definition) is 1. The van der Waals surface area contributed by atoms with Gasteiger partial charge in [0.2, 0.25) is 5.91 Å². The molecule has 0 saturated heterocycles. The summed E-state index contributed by atoms with van der Waals surface area (Å²) in [6, 6.07) is 2.95. The number of nitrogens with zero attached hydrogens (tertiary/aromatic N) is 2. The maximum atomic E-state index is 13.4. The number of amides is 1. The van der Waals surface area contributed by atoms with Crippen molar-refractivity contribution in [2.45, 2.75) is 54.1 Å². The molecule has 7 heteroatoms.